The summed E-state index contributed by atoms with van der Waals surface area (Å²) >= 11 is 0. The predicted molar refractivity (Wildman–Crippen MR) is 62.2 cm³/mol. The van der Waals surface area contributed by atoms with Gasteiger partial charge in [0.1, 0.15) is 0 Å². The highest BCUT2D eigenvalue weighted by atomic mass is 14.1. The molecule has 0 fully saturated rings. The molecule has 0 heteroatoms. The lowest BCUT2D eigenvalue weighted by Gasteiger charge is -2.08. The molecule has 74 valence electrons. The van der Waals surface area contributed by atoms with Gasteiger partial charge in [0.15, 0.2) is 0 Å². The summed E-state index contributed by atoms with van der Waals surface area (Å²) in [6.45, 7) is 8.39. The van der Waals surface area contributed by atoms with Crippen LogP contribution in [0.5, 0.6) is 0 Å². The van der Waals surface area contributed by atoms with E-state index in [0.717, 1.165) is 6.42 Å². The van der Waals surface area contributed by atoms with E-state index < -0.39 is 0 Å². The molecule has 0 saturated carbocycles. The van der Waals surface area contributed by atoms with Crippen molar-refractivity contribution in [1.82, 2.24) is 0 Å². The third-order valence-electron chi connectivity index (χ3n) is 2.42. The Morgan fingerprint density at radius 3 is 2.64 bits per heavy atom. The Hall–Kier alpha value is -1.22. The van der Waals surface area contributed by atoms with Gasteiger partial charge in [-0.25, -0.2) is 0 Å². The standard InChI is InChI=1S/C14H18/c1-5-6-11(2)9-14-10-12(3)7-8-13(14)4/h7-8,10-11H,9H2,1-4H3. The SMILES string of the molecule is CC#CC(C)Cc1cc(C)ccc1C. The van der Waals surface area contributed by atoms with E-state index in [4.69, 9.17) is 0 Å². The highest BCUT2D eigenvalue weighted by Gasteiger charge is 2.03. The average molecular weight is 186 g/mol. The molecular weight excluding hydrogens is 168 g/mol. The zero-order valence-electron chi connectivity index (χ0n) is 9.52. The van der Waals surface area contributed by atoms with E-state index >= 15 is 0 Å². The summed E-state index contributed by atoms with van der Waals surface area (Å²) in [5.74, 6) is 6.62. The van der Waals surface area contributed by atoms with Gasteiger partial charge in [-0.1, -0.05) is 30.7 Å². The number of hydrogen-bond acceptors (Lipinski definition) is 0. The number of benzene rings is 1. The largest absolute Gasteiger partial charge is 0.106 e. The average Bonchev–Trinajstić information content (AvgIpc) is 2.12. The first-order valence-electron chi connectivity index (χ1n) is 5.12. The second-order valence-electron chi connectivity index (χ2n) is 3.93. The van der Waals surface area contributed by atoms with E-state index in [9.17, 15) is 0 Å². The van der Waals surface area contributed by atoms with Crippen molar-refractivity contribution < 1.29 is 0 Å². The molecule has 0 spiro atoms. The first kappa shape index (κ1) is 10.9. The molecule has 0 amide bonds. The van der Waals surface area contributed by atoms with Crippen molar-refractivity contribution in [2.75, 3.05) is 0 Å². The summed E-state index contributed by atoms with van der Waals surface area (Å²) in [6.07, 6.45) is 1.06. The molecular formula is C14H18. The molecule has 1 atom stereocenters. The quantitative estimate of drug-likeness (QED) is 0.620. The summed E-state index contributed by atoms with van der Waals surface area (Å²) in [6, 6.07) is 6.62. The Kier molecular flexibility index (Phi) is 3.77. The summed E-state index contributed by atoms with van der Waals surface area (Å²) in [7, 11) is 0. The van der Waals surface area contributed by atoms with Gasteiger partial charge in [0.25, 0.3) is 0 Å². The third kappa shape index (κ3) is 2.92. The van der Waals surface area contributed by atoms with Gasteiger partial charge < -0.3 is 0 Å². The van der Waals surface area contributed by atoms with Gasteiger partial charge in [-0.3, -0.25) is 0 Å². The number of aryl methyl sites for hydroxylation is 2. The van der Waals surface area contributed by atoms with Gasteiger partial charge in [-0.2, -0.15) is 0 Å². The van der Waals surface area contributed by atoms with Crippen LogP contribution >= 0.6 is 0 Å². The van der Waals surface area contributed by atoms with Crippen molar-refractivity contribution >= 4 is 0 Å². The van der Waals surface area contributed by atoms with Crippen LogP contribution in [-0.2, 0) is 6.42 Å². The predicted octanol–water partition coefficient (Wildman–Crippen LogP) is 3.51. The minimum absolute atomic E-state index is 0.459. The van der Waals surface area contributed by atoms with Crippen molar-refractivity contribution in [3.05, 3.63) is 34.9 Å². The second kappa shape index (κ2) is 4.86. The lowest BCUT2D eigenvalue weighted by atomic mass is 9.96. The Labute approximate surface area is 87.4 Å². The monoisotopic (exact) mass is 186 g/mol. The van der Waals surface area contributed by atoms with E-state index in [1.54, 1.807) is 0 Å². The van der Waals surface area contributed by atoms with Gasteiger partial charge in [0, 0.05) is 5.92 Å². The molecule has 1 unspecified atom stereocenters. The number of rotatable bonds is 2. The van der Waals surface area contributed by atoms with Gasteiger partial charge in [-0.15, -0.1) is 11.8 Å². The number of hydrogen-bond donors (Lipinski definition) is 0. The Morgan fingerprint density at radius 1 is 1.29 bits per heavy atom. The maximum Gasteiger partial charge on any atom is 0.0214 e. The highest BCUT2D eigenvalue weighted by molar-refractivity contribution is 5.31. The molecule has 0 N–H and O–H groups in total. The van der Waals surface area contributed by atoms with Crippen LogP contribution in [0.3, 0.4) is 0 Å². The maximum atomic E-state index is 3.19. The maximum absolute atomic E-state index is 3.19. The zero-order chi connectivity index (χ0) is 10.6. The van der Waals surface area contributed by atoms with Gasteiger partial charge in [0.05, 0.1) is 0 Å². The van der Waals surface area contributed by atoms with Crippen LogP contribution in [0.4, 0.5) is 0 Å². The van der Waals surface area contributed by atoms with E-state index in [1.807, 2.05) is 6.92 Å². The fraction of sp³-hybridized carbons (Fsp3) is 0.429. The van der Waals surface area contributed by atoms with E-state index in [1.165, 1.54) is 16.7 Å². The van der Waals surface area contributed by atoms with Crippen LogP contribution in [0, 0.1) is 31.6 Å². The summed E-state index contributed by atoms with van der Waals surface area (Å²) in [5, 5.41) is 0. The van der Waals surface area contributed by atoms with Crippen LogP contribution in [-0.4, -0.2) is 0 Å². The normalized spacial score (nSPS) is 11.7. The van der Waals surface area contributed by atoms with Crippen molar-refractivity contribution in [2.45, 2.75) is 34.1 Å². The minimum Gasteiger partial charge on any atom is -0.106 e. The molecule has 0 saturated heterocycles. The molecule has 0 aliphatic rings. The highest BCUT2D eigenvalue weighted by Crippen LogP contribution is 2.14. The smallest absolute Gasteiger partial charge is 0.0214 e. The Bertz CT molecular complexity index is 363. The van der Waals surface area contributed by atoms with Crippen LogP contribution < -0.4 is 0 Å². The van der Waals surface area contributed by atoms with Crippen LogP contribution in [0.15, 0.2) is 18.2 Å². The molecule has 0 radical (unpaired) electrons. The Morgan fingerprint density at radius 2 is 2.00 bits per heavy atom. The molecule has 0 nitrogen and oxygen atoms in total. The summed E-state index contributed by atoms with van der Waals surface area (Å²) < 4.78 is 0. The molecule has 14 heavy (non-hydrogen) atoms. The third-order valence-corrected chi connectivity index (χ3v) is 2.42. The van der Waals surface area contributed by atoms with Crippen LogP contribution in [0.1, 0.15) is 30.5 Å². The van der Waals surface area contributed by atoms with Crippen molar-refractivity contribution in [1.29, 1.82) is 0 Å². The lowest BCUT2D eigenvalue weighted by molar-refractivity contribution is 0.745. The molecule has 1 rings (SSSR count). The van der Waals surface area contributed by atoms with Crippen LogP contribution in [0.25, 0.3) is 0 Å². The first-order chi connectivity index (χ1) is 6.63. The molecule has 1 aromatic carbocycles. The molecule has 1 aromatic rings. The molecule has 0 aliphatic heterocycles. The van der Waals surface area contributed by atoms with E-state index in [-0.39, 0.29) is 0 Å². The van der Waals surface area contributed by atoms with E-state index in [2.05, 4.69) is 50.8 Å². The fourth-order valence-electron chi connectivity index (χ4n) is 1.65. The first-order valence-corrected chi connectivity index (χ1v) is 5.12. The summed E-state index contributed by atoms with van der Waals surface area (Å²) in [4.78, 5) is 0. The van der Waals surface area contributed by atoms with Crippen molar-refractivity contribution in [2.24, 2.45) is 5.92 Å². The Balaban J connectivity index is 2.83. The van der Waals surface area contributed by atoms with Crippen molar-refractivity contribution in [3.63, 3.8) is 0 Å². The topological polar surface area (TPSA) is 0 Å². The van der Waals surface area contributed by atoms with E-state index in [0.29, 0.717) is 5.92 Å². The van der Waals surface area contributed by atoms with Gasteiger partial charge >= 0.3 is 0 Å². The lowest BCUT2D eigenvalue weighted by Crippen LogP contribution is -1.99. The van der Waals surface area contributed by atoms with Crippen LogP contribution in [0.2, 0.25) is 0 Å². The summed E-state index contributed by atoms with van der Waals surface area (Å²) in [5.41, 5.74) is 4.14. The minimum atomic E-state index is 0.459. The second-order valence-corrected chi connectivity index (χ2v) is 3.93. The van der Waals surface area contributed by atoms with Gasteiger partial charge in [-0.05, 0) is 38.3 Å². The zero-order valence-corrected chi connectivity index (χ0v) is 9.52. The van der Waals surface area contributed by atoms with Crippen molar-refractivity contribution in [3.8, 4) is 11.8 Å². The molecule has 0 aromatic heterocycles. The molecule has 0 aliphatic carbocycles. The fourth-order valence-corrected chi connectivity index (χ4v) is 1.65. The van der Waals surface area contributed by atoms with Gasteiger partial charge in [0.2, 0.25) is 0 Å². The molecule has 0 heterocycles. The molecule has 0 bridgehead atoms.